The number of aromatic nitrogens is 4. The van der Waals surface area contributed by atoms with Crippen LogP contribution in [0.2, 0.25) is 0 Å². The number of methoxy groups -OCH3 is 1. The van der Waals surface area contributed by atoms with Crippen molar-refractivity contribution in [2.24, 2.45) is 0 Å². The first-order valence-corrected chi connectivity index (χ1v) is 11.7. The molecule has 158 valence electrons. The van der Waals surface area contributed by atoms with E-state index >= 15 is 0 Å². The summed E-state index contributed by atoms with van der Waals surface area (Å²) in [6, 6.07) is 13.8. The molecule has 9 heteroatoms. The van der Waals surface area contributed by atoms with Crippen LogP contribution in [-0.4, -0.2) is 33.7 Å². The van der Waals surface area contributed by atoms with Crippen LogP contribution in [0.5, 0.6) is 17.2 Å². The molecule has 31 heavy (non-hydrogen) atoms. The third-order valence-electron chi connectivity index (χ3n) is 4.88. The van der Waals surface area contributed by atoms with E-state index in [1.165, 1.54) is 0 Å². The minimum atomic E-state index is 0.272. The number of ether oxygens (including phenoxy) is 3. The van der Waals surface area contributed by atoms with Gasteiger partial charge in [-0.15, -0.1) is 21.5 Å². The van der Waals surface area contributed by atoms with E-state index in [2.05, 4.69) is 27.1 Å². The highest BCUT2D eigenvalue weighted by Crippen LogP contribution is 2.37. The van der Waals surface area contributed by atoms with Crippen molar-refractivity contribution in [2.45, 2.75) is 24.4 Å². The second kappa shape index (κ2) is 8.60. The van der Waals surface area contributed by atoms with Gasteiger partial charge in [-0.25, -0.2) is 4.98 Å². The predicted molar refractivity (Wildman–Crippen MR) is 121 cm³/mol. The van der Waals surface area contributed by atoms with Crippen LogP contribution in [0, 0.1) is 0 Å². The van der Waals surface area contributed by atoms with Gasteiger partial charge in [0.05, 0.1) is 12.8 Å². The summed E-state index contributed by atoms with van der Waals surface area (Å²) in [5.41, 5.74) is 3.03. The molecule has 7 nitrogen and oxygen atoms in total. The van der Waals surface area contributed by atoms with Crippen molar-refractivity contribution in [2.75, 3.05) is 13.9 Å². The molecule has 0 fully saturated rings. The lowest BCUT2D eigenvalue weighted by molar-refractivity contribution is 0.174. The molecule has 0 unspecified atom stereocenters. The Labute approximate surface area is 188 Å². The van der Waals surface area contributed by atoms with Gasteiger partial charge in [-0.05, 0) is 37.3 Å². The minimum Gasteiger partial charge on any atom is -0.497 e. The van der Waals surface area contributed by atoms with Crippen LogP contribution in [0.15, 0.2) is 53.0 Å². The number of benzene rings is 2. The Hall–Kier alpha value is -3.04. The van der Waals surface area contributed by atoms with E-state index < -0.39 is 0 Å². The van der Waals surface area contributed by atoms with E-state index in [4.69, 9.17) is 19.2 Å². The smallest absolute Gasteiger partial charge is 0.231 e. The topological polar surface area (TPSA) is 71.3 Å². The highest BCUT2D eigenvalue weighted by atomic mass is 32.2. The molecular weight excluding hydrogens is 432 g/mol. The highest BCUT2D eigenvalue weighted by Gasteiger charge is 2.17. The number of nitrogens with zero attached hydrogens (tertiary/aromatic N) is 4. The monoisotopic (exact) mass is 452 g/mol. The first-order chi connectivity index (χ1) is 15.2. The molecule has 0 radical (unpaired) electrons. The van der Waals surface area contributed by atoms with Gasteiger partial charge in [0.2, 0.25) is 6.79 Å². The molecule has 5 rings (SSSR count). The Morgan fingerprint density at radius 2 is 2.00 bits per heavy atom. The molecule has 0 N–H and O–H groups in total. The van der Waals surface area contributed by atoms with E-state index in [1.807, 2.05) is 42.5 Å². The second-order valence-electron chi connectivity index (χ2n) is 6.78. The molecule has 2 aromatic carbocycles. The summed E-state index contributed by atoms with van der Waals surface area (Å²) in [5, 5.41) is 12.8. The van der Waals surface area contributed by atoms with Gasteiger partial charge < -0.3 is 18.8 Å². The quantitative estimate of drug-likeness (QED) is 0.361. The van der Waals surface area contributed by atoms with E-state index in [0.29, 0.717) is 0 Å². The Morgan fingerprint density at radius 3 is 2.87 bits per heavy atom. The summed E-state index contributed by atoms with van der Waals surface area (Å²) in [7, 11) is 1.66. The zero-order valence-electron chi connectivity index (χ0n) is 17.1. The van der Waals surface area contributed by atoms with Gasteiger partial charge in [-0.3, -0.25) is 0 Å². The van der Waals surface area contributed by atoms with Crippen molar-refractivity contribution in [1.82, 2.24) is 19.7 Å². The third kappa shape index (κ3) is 3.98. The second-order valence-corrected chi connectivity index (χ2v) is 8.58. The van der Waals surface area contributed by atoms with E-state index in [9.17, 15) is 0 Å². The number of hydrogen-bond acceptors (Lipinski definition) is 8. The predicted octanol–water partition coefficient (Wildman–Crippen LogP) is 5.12. The van der Waals surface area contributed by atoms with Crippen molar-refractivity contribution >= 4 is 23.1 Å². The van der Waals surface area contributed by atoms with Crippen LogP contribution >= 0.6 is 23.1 Å². The van der Waals surface area contributed by atoms with Crippen molar-refractivity contribution in [3.63, 3.8) is 0 Å². The van der Waals surface area contributed by atoms with Crippen molar-refractivity contribution < 1.29 is 14.2 Å². The lowest BCUT2D eigenvalue weighted by Crippen LogP contribution is -2.00. The summed E-state index contributed by atoms with van der Waals surface area (Å²) in [4.78, 5) is 4.79. The number of fused-ring (bicyclic) bond motifs is 1. The fourth-order valence-corrected chi connectivity index (χ4v) is 5.15. The molecular formula is C22H20N4O3S2. The van der Waals surface area contributed by atoms with Crippen molar-refractivity contribution in [3.05, 3.63) is 53.5 Å². The lowest BCUT2D eigenvalue weighted by atomic mass is 10.2. The summed E-state index contributed by atoms with van der Waals surface area (Å²) in [6.07, 6.45) is 0. The first kappa shape index (κ1) is 19.9. The van der Waals surface area contributed by atoms with Crippen LogP contribution in [0.3, 0.4) is 0 Å². The average molecular weight is 453 g/mol. The SMILES string of the molecule is CCn1c(SCc2csc(-c3ccc4c(c3)OCO4)n2)nnc1-c1cccc(OC)c1. The maximum atomic E-state index is 5.48. The van der Waals surface area contributed by atoms with Crippen LogP contribution in [0.1, 0.15) is 12.6 Å². The van der Waals surface area contributed by atoms with E-state index in [1.54, 1.807) is 30.2 Å². The maximum absolute atomic E-state index is 5.48. The Bertz CT molecular complexity index is 1220. The fourth-order valence-electron chi connectivity index (χ4n) is 3.33. The average Bonchev–Trinajstić information content (AvgIpc) is 3.56. The molecule has 0 saturated carbocycles. The highest BCUT2D eigenvalue weighted by molar-refractivity contribution is 7.98. The zero-order valence-corrected chi connectivity index (χ0v) is 18.7. The fraction of sp³-hybridized carbons (Fsp3) is 0.227. The zero-order chi connectivity index (χ0) is 21.2. The van der Waals surface area contributed by atoms with Gasteiger partial charge in [-0.2, -0.15) is 0 Å². The molecule has 4 aromatic rings. The van der Waals surface area contributed by atoms with Crippen molar-refractivity contribution in [1.29, 1.82) is 0 Å². The Morgan fingerprint density at radius 1 is 1.10 bits per heavy atom. The van der Waals surface area contributed by atoms with Crippen LogP contribution < -0.4 is 14.2 Å². The lowest BCUT2D eigenvalue weighted by Gasteiger charge is -2.08. The van der Waals surface area contributed by atoms with E-state index in [-0.39, 0.29) is 6.79 Å². The first-order valence-electron chi connectivity index (χ1n) is 9.80. The Kier molecular flexibility index (Phi) is 5.52. The largest absolute Gasteiger partial charge is 0.497 e. The minimum absolute atomic E-state index is 0.272. The summed E-state index contributed by atoms with van der Waals surface area (Å²) in [5.74, 6) is 3.91. The normalized spacial score (nSPS) is 12.3. The van der Waals surface area contributed by atoms with Gasteiger partial charge >= 0.3 is 0 Å². The molecule has 2 aromatic heterocycles. The number of thiazole rings is 1. The molecule has 0 atom stereocenters. The van der Waals surface area contributed by atoms with Crippen LogP contribution in [0.25, 0.3) is 22.0 Å². The van der Waals surface area contributed by atoms with Gasteiger partial charge in [0.15, 0.2) is 22.5 Å². The van der Waals surface area contributed by atoms with Crippen molar-refractivity contribution in [3.8, 4) is 39.2 Å². The van der Waals surface area contributed by atoms with Gasteiger partial charge in [0.1, 0.15) is 10.8 Å². The molecule has 0 bridgehead atoms. The maximum Gasteiger partial charge on any atom is 0.231 e. The third-order valence-corrected chi connectivity index (χ3v) is 6.82. The Balaban J connectivity index is 1.32. The van der Waals surface area contributed by atoms with Gasteiger partial charge in [0, 0.05) is 28.8 Å². The van der Waals surface area contributed by atoms with Gasteiger partial charge in [0.25, 0.3) is 0 Å². The molecule has 0 aliphatic carbocycles. The molecule has 0 spiro atoms. The summed E-state index contributed by atoms with van der Waals surface area (Å²) >= 11 is 3.26. The van der Waals surface area contributed by atoms with E-state index in [0.717, 1.165) is 62.4 Å². The number of hydrogen-bond donors (Lipinski definition) is 0. The molecule has 1 aliphatic rings. The van der Waals surface area contributed by atoms with Crippen LogP contribution in [0.4, 0.5) is 0 Å². The number of rotatable bonds is 7. The number of thioether (sulfide) groups is 1. The summed E-state index contributed by atoms with van der Waals surface area (Å²) in [6.45, 7) is 3.15. The molecule has 1 aliphatic heterocycles. The molecule has 0 saturated heterocycles. The summed E-state index contributed by atoms with van der Waals surface area (Å²) < 4.78 is 18.3. The molecule has 3 heterocycles. The van der Waals surface area contributed by atoms with Gasteiger partial charge in [-0.1, -0.05) is 23.9 Å². The molecule has 0 amide bonds. The standard InChI is InChI=1S/C22H20N4O3S2/c1-3-26-20(14-5-4-6-17(9-14)27-2)24-25-22(26)31-12-16-11-30-21(23-16)15-7-8-18-19(10-15)29-13-28-18/h4-11H,3,12-13H2,1-2H3. The van der Waals surface area contributed by atoms with Crippen LogP contribution in [-0.2, 0) is 12.3 Å².